The lowest BCUT2D eigenvalue weighted by Gasteiger charge is -2.14. The monoisotopic (exact) mass is 179 g/mol. The molecule has 0 fully saturated rings. The summed E-state index contributed by atoms with van der Waals surface area (Å²) >= 11 is 0. The van der Waals surface area contributed by atoms with Crippen molar-refractivity contribution in [3.63, 3.8) is 0 Å². The third-order valence-electron chi connectivity index (χ3n) is 1.65. The quantitative estimate of drug-likeness (QED) is 0.729. The van der Waals surface area contributed by atoms with Crippen molar-refractivity contribution in [2.24, 2.45) is 0 Å². The molecule has 0 amide bonds. The van der Waals surface area contributed by atoms with E-state index < -0.39 is 11.5 Å². The van der Waals surface area contributed by atoms with Gasteiger partial charge in [0, 0.05) is 6.20 Å². The molecular weight excluding hydrogens is 170 g/mol. The second-order valence-corrected chi connectivity index (χ2v) is 3.12. The minimum Gasteiger partial charge on any atom is -0.476 e. The van der Waals surface area contributed by atoms with Crippen LogP contribution in [0.25, 0.3) is 0 Å². The van der Waals surface area contributed by atoms with Gasteiger partial charge in [-0.2, -0.15) is 10.4 Å². The Balaban J connectivity index is 3.07. The van der Waals surface area contributed by atoms with Gasteiger partial charge in [-0.25, -0.2) is 4.79 Å². The van der Waals surface area contributed by atoms with Crippen molar-refractivity contribution in [2.75, 3.05) is 0 Å². The smallest absolute Gasteiger partial charge is 0.356 e. The van der Waals surface area contributed by atoms with Crippen LogP contribution in [0.2, 0.25) is 0 Å². The molecule has 0 bridgehead atoms. The predicted octanol–water partition coefficient (Wildman–Crippen LogP) is 0.840. The van der Waals surface area contributed by atoms with Crippen LogP contribution in [0.4, 0.5) is 0 Å². The van der Waals surface area contributed by atoms with Crippen LogP contribution in [-0.4, -0.2) is 20.9 Å². The maximum absolute atomic E-state index is 10.5. The van der Waals surface area contributed by atoms with E-state index in [1.54, 1.807) is 13.8 Å². The topological polar surface area (TPSA) is 78.9 Å². The van der Waals surface area contributed by atoms with Gasteiger partial charge in [0.05, 0.1) is 6.07 Å². The van der Waals surface area contributed by atoms with Crippen molar-refractivity contribution < 1.29 is 9.90 Å². The Labute approximate surface area is 75.2 Å². The summed E-state index contributed by atoms with van der Waals surface area (Å²) in [7, 11) is 0. The first kappa shape index (κ1) is 9.26. The average molecular weight is 179 g/mol. The molecule has 1 aromatic rings. The van der Waals surface area contributed by atoms with Crippen LogP contribution >= 0.6 is 0 Å². The number of nitriles is 1. The molecule has 1 N–H and O–H groups in total. The zero-order valence-corrected chi connectivity index (χ0v) is 7.35. The van der Waals surface area contributed by atoms with E-state index in [9.17, 15) is 4.79 Å². The molecule has 0 aliphatic rings. The highest BCUT2D eigenvalue weighted by molar-refractivity contribution is 5.85. The van der Waals surface area contributed by atoms with Crippen LogP contribution in [0.15, 0.2) is 12.3 Å². The number of aromatic nitrogens is 2. The summed E-state index contributed by atoms with van der Waals surface area (Å²) < 4.78 is 1.33. The number of aromatic carboxylic acids is 1. The van der Waals surface area contributed by atoms with Gasteiger partial charge in [-0.05, 0) is 19.9 Å². The van der Waals surface area contributed by atoms with Gasteiger partial charge in [0.25, 0.3) is 0 Å². The summed E-state index contributed by atoms with van der Waals surface area (Å²) in [5.74, 6) is -1.09. The van der Waals surface area contributed by atoms with Gasteiger partial charge in [0.1, 0.15) is 5.54 Å². The molecule has 13 heavy (non-hydrogen) atoms. The number of hydrogen-bond donors (Lipinski definition) is 1. The Morgan fingerprint density at radius 2 is 2.38 bits per heavy atom. The molecule has 0 saturated carbocycles. The fourth-order valence-electron chi connectivity index (χ4n) is 0.801. The van der Waals surface area contributed by atoms with Gasteiger partial charge in [0.15, 0.2) is 5.69 Å². The van der Waals surface area contributed by atoms with Crippen LogP contribution in [0, 0.1) is 11.3 Å². The first-order valence-electron chi connectivity index (χ1n) is 3.68. The minimum absolute atomic E-state index is 0.0525. The van der Waals surface area contributed by atoms with Crippen molar-refractivity contribution in [2.45, 2.75) is 19.4 Å². The highest BCUT2D eigenvalue weighted by atomic mass is 16.4. The van der Waals surface area contributed by atoms with E-state index in [2.05, 4.69) is 5.10 Å². The number of carbonyl (C=O) groups is 1. The molecule has 1 aromatic heterocycles. The Bertz CT molecular complexity index is 373. The van der Waals surface area contributed by atoms with Gasteiger partial charge in [0.2, 0.25) is 0 Å². The standard InChI is InChI=1S/C8H9N3O2/c1-8(2,5-9)11-4-3-6(10-11)7(12)13/h3-4H,1-2H3,(H,12,13). The number of rotatable bonds is 2. The molecule has 0 aliphatic carbocycles. The highest BCUT2D eigenvalue weighted by Crippen LogP contribution is 2.12. The fourth-order valence-corrected chi connectivity index (χ4v) is 0.801. The first-order valence-corrected chi connectivity index (χ1v) is 3.68. The summed E-state index contributed by atoms with van der Waals surface area (Å²) in [6, 6.07) is 3.38. The van der Waals surface area contributed by atoms with E-state index in [0.717, 1.165) is 0 Å². The maximum atomic E-state index is 10.5. The summed E-state index contributed by atoms with van der Waals surface area (Å²) in [5, 5.41) is 21.1. The molecule has 1 rings (SSSR count). The molecule has 0 atom stereocenters. The highest BCUT2D eigenvalue weighted by Gasteiger charge is 2.21. The Morgan fingerprint density at radius 3 is 2.77 bits per heavy atom. The number of nitrogens with zero attached hydrogens (tertiary/aromatic N) is 3. The number of carboxylic acids is 1. The SMILES string of the molecule is CC(C)(C#N)n1ccc(C(=O)O)n1. The Kier molecular flexibility index (Phi) is 2.07. The molecule has 5 nitrogen and oxygen atoms in total. The van der Waals surface area contributed by atoms with E-state index in [-0.39, 0.29) is 5.69 Å². The van der Waals surface area contributed by atoms with Crippen LogP contribution in [0.5, 0.6) is 0 Å². The fraction of sp³-hybridized carbons (Fsp3) is 0.375. The molecule has 5 heteroatoms. The summed E-state index contributed by atoms with van der Waals surface area (Å²) in [6.45, 7) is 3.32. The zero-order valence-electron chi connectivity index (χ0n) is 7.35. The second kappa shape index (κ2) is 2.90. The van der Waals surface area contributed by atoms with Gasteiger partial charge >= 0.3 is 5.97 Å². The van der Waals surface area contributed by atoms with Gasteiger partial charge in [-0.15, -0.1) is 0 Å². The van der Waals surface area contributed by atoms with Gasteiger partial charge in [-0.1, -0.05) is 0 Å². The second-order valence-electron chi connectivity index (χ2n) is 3.12. The van der Waals surface area contributed by atoms with Crippen molar-refractivity contribution in [3.05, 3.63) is 18.0 Å². The van der Waals surface area contributed by atoms with E-state index in [1.165, 1.54) is 16.9 Å². The molecular formula is C8H9N3O2. The van der Waals surface area contributed by atoms with E-state index >= 15 is 0 Å². The lowest BCUT2D eigenvalue weighted by Crippen LogP contribution is -2.24. The normalized spacial score (nSPS) is 10.8. The summed E-state index contributed by atoms with van der Waals surface area (Å²) in [4.78, 5) is 10.5. The first-order chi connectivity index (χ1) is 5.97. The van der Waals surface area contributed by atoms with Crippen molar-refractivity contribution in [1.82, 2.24) is 9.78 Å². The minimum atomic E-state index is -1.09. The summed E-state index contributed by atoms with van der Waals surface area (Å²) in [5.41, 5.74) is -0.864. The van der Waals surface area contributed by atoms with Gasteiger partial charge < -0.3 is 5.11 Å². The molecule has 0 saturated heterocycles. The average Bonchev–Trinajstić information content (AvgIpc) is 2.52. The number of hydrogen-bond acceptors (Lipinski definition) is 3. The maximum Gasteiger partial charge on any atom is 0.356 e. The summed E-state index contributed by atoms with van der Waals surface area (Å²) in [6.07, 6.45) is 1.48. The Morgan fingerprint density at radius 1 is 1.77 bits per heavy atom. The molecule has 0 unspecified atom stereocenters. The molecule has 0 spiro atoms. The van der Waals surface area contributed by atoms with Crippen LogP contribution < -0.4 is 0 Å². The van der Waals surface area contributed by atoms with Crippen LogP contribution in [-0.2, 0) is 5.54 Å². The van der Waals surface area contributed by atoms with Gasteiger partial charge in [-0.3, -0.25) is 4.68 Å². The van der Waals surface area contributed by atoms with Crippen LogP contribution in [0.3, 0.4) is 0 Å². The lowest BCUT2D eigenvalue weighted by molar-refractivity contribution is 0.0689. The largest absolute Gasteiger partial charge is 0.476 e. The third-order valence-corrected chi connectivity index (χ3v) is 1.65. The van der Waals surface area contributed by atoms with E-state index in [1.807, 2.05) is 6.07 Å². The Hall–Kier alpha value is -1.83. The zero-order chi connectivity index (χ0) is 10.1. The molecule has 0 radical (unpaired) electrons. The van der Waals surface area contributed by atoms with E-state index in [0.29, 0.717) is 0 Å². The number of carboxylic acid groups (broad SMARTS) is 1. The van der Waals surface area contributed by atoms with Crippen LogP contribution in [0.1, 0.15) is 24.3 Å². The molecule has 0 aliphatic heterocycles. The predicted molar refractivity (Wildman–Crippen MR) is 44.1 cm³/mol. The third kappa shape index (κ3) is 1.67. The van der Waals surface area contributed by atoms with Crippen molar-refractivity contribution in [3.8, 4) is 6.07 Å². The molecule has 0 aromatic carbocycles. The van der Waals surface area contributed by atoms with E-state index in [4.69, 9.17) is 10.4 Å². The van der Waals surface area contributed by atoms with Crippen molar-refractivity contribution >= 4 is 5.97 Å². The molecule has 68 valence electrons. The lowest BCUT2D eigenvalue weighted by atomic mass is 10.1. The van der Waals surface area contributed by atoms with Crippen molar-refractivity contribution in [1.29, 1.82) is 5.26 Å². The molecule has 1 heterocycles.